The van der Waals surface area contributed by atoms with E-state index in [1.54, 1.807) is 42.5 Å². The molecule has 1 saturated carbocycles. The molecule has 0 saturated heterocycles. The molecule has 102 valence electrons. The minimum absolute atomic E-state index is 0.203. The summed E-state index contributed by atoms with van der Waals surface area (Å²) in [6, 6.07) is 13.3. The fourth-order valence-electron chi connectivity index (χ4n) is 2.36. The average molecular weight is 270 g/mol. The van der Waals surface area contributed by atoms with Gasteiger partial charge >= 0.3 is 0 Å². The van der Waals surface area contributed by atoms with Gasteiger partial charge in [-0.15, -0.1) is 0 Å². The Labute approximate surface area is 116 Å². The van der Waals surface area contributed by atoms with Crippen molar-refractivity contribution in [2.24, 2.45) is 0 Å². The number of nitrogens with two attached hydrogens (primary N) is 1. The fraction of sp³-hybridized carbons (Fsp3) is 0.188. The third kappa shape index (κ3) is 2.25. The van der Waals surface area contributed by atoms with Crippen LogP contribution in [-0.4, -0.2) is 5.91 Å². The van der Waals surface area contributed by atoms with E-state index >= 15 is 0 Å². The second-order valence-corrected chi connectivity index (χ2v) is 5.14. The molecule has 3 N–H and O–H groups in total. The van der Waals surface area contributed by atoms with Crippen molar-refractivity contribution in [1.82, 2.24) is 5.32 Å². The van der Waals surface area contributed by atoms with Crippen LogP contribution in [0.25, 0.3) is 0 Å². The molecule has 0 aromatic heterocycles. The Morgan fingerprint density at radius 1 is 1.10 bits per heavy atom. The van der Waals surface area contributed by atoms with E-state index in [4.69, 9.17) is 5.73 Å². The smallest absolute Gasteiger partial charge is 0.251 e. The van der Waals surface area contributed by atoms with Crippen LogP contribution in [0.2, 0.25) is 0 Å². The van der Waals surface area contributed by atoms with Gasteiger partial charge in [0.15, 0.2) is 0 Å². The van der Waals surface area contributed by atoms with E-state index in [1.807, 2.05) is 0 Å². The van der Waals surface area contributed by atoms with Gasteiger partial charge in [-0.05, 0) is 43.2 Å². The minimum atomic E-state index is -0.552. The Balaban J connectivity index is 1.82. The van der Waals surface area contributed by atoms with Gasteiger partial charge in [0.1, 0.15) is 5.82 Å². The first-order valence-electron chi connectivity index (χ1n) is 6.54. The van der Waals surface area contributed by atoms with Gasteiger partial charge in [-0.2, -0.15) is 0 Å². The van der Waals surface area contributed by atoms with Crippen molar-refractivity contribution in [3.05, 3.63) is 65.5 Å². The summed E-state index contributed by atoms with van der Waals surface area (Å²) in [5, 5.41) is 2.94. The number of rotatable bonds is 3. The Morgan fingerprint density at radius 3 is 2.35 bits per heavy atom. The second kappa shape index (κ2) is 4.63. The van der Waals surface area contributed by atoms with Gasteiger partial charge in [0, 0.05) is 16.8 Å². The van der Waals surface area contributed by atoms with Crippen LogP contribution in [0.3, 0.4) is 0 Å². The standard InChI is InChI=1S/C16H15FN2O/c17-14-4-2-1-3-13(14)16(9-10-16)19-15(20)11-5-7-12(18)8-6-11/h1-8H,9-10,18H2,(H,19,20). The van der Waals surface area contributed by atoms with E-state index in [0.717, 1.165) is 12.8 Å². The Bertz CT molecular complexity index is 648. The zero-order valence-electron chi connectivity index (χ0n) is 10.9. The van der Waals surface area contributed by atoms with Crippen molar-refractivity contribution in [1.29, 1.82) is 0 Å². The molecule has 0 unspecified atom stereocenters. The topological polar surface area (TPSA) is 55.1 Å². The highest BCUT2D eigenvalue weighted by molar-refractivity contribution is 5.95. The molecule has 2 aromatic rings. The number of carbonyl (C=O) groups excluding carboxylic acids is 1. The van der Waals surface area contributed by atoms with Gasteiger partial charge in [0.25, 0.3) is 5.91 Å². The lowest BCUT2D eigenvalue weighted by Gasteiger charge is -2.18. The predicted molar refractivity (Wildman–Crippen MR) is 75.6 cm³/mol. The number of halogens is 1. The molecule has 1 amide bonds. The highest BCUT2D eigenvalue weighted by atomic mass is 19.1. The lowest BCUT2D eigenvalue weighted by molar-refractivity contribution is 0.0930. The quantitative estimate of drug-likeness (QED) is 0.843. The highest BCUT2D eigenvalue weighted by Crippen LogP contribution is 2.46. The zero-order valence-corrected chi connectivity index (χ0v) is 10.9. The maximum Gasteiger partial charge on any atom is 0.251 e. The minimum Gasteiger partial charge on any atom is -0.399 e. The number of hydrogen-bond acceptors (Lipinski definition) is 2. The van der Waals surface area contributed by atoms with Crippen molar-refractivity contribution in [3.8, 4) is 0 Å². The molecule has 2 aromatic carbocycles. The van der Waals surface area contributed by atoms with Crippen molar-refractivity contribution >= 4 is 11.6 Å². The SMILES string of the molecule is Nc1ccc(C(=O)NC2(c3ccccc3F)CC2)cc1. The maximum atomic E-state index is 13.9. The zero-order chi connectivity index (χ0) is 14.2. The predicted octanol–water partition coefficient (Wildman–Crippen LogP) is 2.83. The summed E-state index contributed by atoms with van der Waals surface area (Å²) < 4.78 is 13.9. The molecule has 0 aliphatic heterocycles. The number of nitrogens with one attached hydrogen (secondary N) is 1. The van der Waals surface area contributed by atoms with Crippen LogP contribution in [0.5, 0.6) is 0 Å². The molecule has 0 bridgehead atoms. The lowest BCUT2D eigenvalue weighted by Crippen LogP contribution is -2.35. The van der Waals surface area contributed by atoms with E-state index < -0.39 is 5.54 Å². The number of anilines is 1. The van der Waals surface area contributed by atoms with Crippen molar-refractivity contribution < 1.29 is 9.18 Å². The van der Waals surface area contributed by atoms with E-state index in [2.05, 4.69) is 5.32 Å². The molecule has 1 aliphatic rings. The highest BCUT2D eigenvalue weighted by Gasteiger charge is 2.47. The number of carbonyl (C=O) groups is 1. The van der Waals surface area contributed by atoms with Crippen LogP contribution in [0, 0.1) is 5.82 Å². The molecule has 0 radical (unpaired) electrons. The van der Waals surface area contributed by atoms with Crippen LogP contribution in [0.15, 0.2) is 48.5 Å². The maximum absolute atomic E-state index is 13.9. The summed E-state index contributed by atoms with van der Waals surface area (Å²) >= 11 is 0. The van der Waals surface area contributed by atoms with Gasteiger partial charge in [0.05, 0.1) is 5.54 Å². The largest absolute Gasteiger partial charge is 0.399 e. The molecule has 20 heavy (non-hydrogen) atoms. The molecule has 1 aliphatic carbocycles. The van der Waals surface area contributed by atoms with Crippen LogP contribution < -0.4 is 11.1 Å². The molecular weight excluding hydrogens is 255 g/mol. The average Bonchev–Trinajstić information content (AvgIpc) is 3.20. The summed E-state index contributed by atoms with van der Waals surface area (Å²) in [6.45, 7) is 0. The van der Waals surface area contributed by atoms with E-state index in [1.165, 1.54) is 6.07 Å². The molecule has 0 spiro atoms. The summed E-state index contributed by atoms with van der Waals surface area (Å²) in [7, 11) is 0. The summed E-state index contributed by atoms with van der Waals surface area (Å²) in [5.74, 6) is -0.478. The van der Waals surface area contributed by atoms with Crippen LogP contribution in [-0.2, 0) is 5.54 Å². The first-order valence-corrected chi connectivity index (χ1v) is 6.54. The molecule has 3 rings (SSSR count). The fourth-order valence-corrected chi connectivity index (χ4v) is 2.36. The molecule has 0 atom stereocenters. The van der Waals surface area contributed by atoms with Gasteiger partial charge in [-0.3, -0.25) is 4.79 Å². The van der Waals surface area contributed by atoms with E-state index in [0.29, 0.717) is 16.8 Å². The van der Waals surface area contributed by atoms with Gasteiger partial charge < -0.3 is 11.1 Å². The number of nitrogen functional groups attached to an aromatic ring is 1. The Hall–Kier alpha value is -2.36. The van der Waals surface area contributed by atoms with Crippen LogP contribution in [0.4, 0.5) is 10.1 Å². The van der Waals surface area contributed by atoms with E-state index in [-0.39, 0.29) is 11.7 Å². The molecule has 4 heteroatoms. The second-order valence-electron chi connectivity index (χ2n) is 5.14. The molecular formula is C16H15FN2O. The monoisotopic (exact) mass is 270 g/mol. The van der Waals surface area contributed by atoms with E-state index in [9.17, 15) is 9.18 Å². The molecule has 0 heterocycles. The van der Waals surface area contributed by atoms with Gasteiger partial charge in [0.2, 0.25) is 0 Å². The van der Waals surface area contributed by atoms with Gasteiger partial charge in [-0.25, -0.2) is 4.39 Å². The number of amides is 1. The normalized spacial score (nSPS) is 15.7. The summed E-state index contributed by atoms with van der Waals surface area (Å²) in [5.41, 5.74) is 6.74. The van der Waals surface area contributed by atoms with Crippen molar-refractivity contribution in [2.45, 2.75) is 18.4 Å². The first kappa shape index (κ1) is 12.7. The van der Waals surface area contributed by atoms with Crippen LogP contribution >= 0.6 is 0 Å². The Kier molecular flexibility index (Phi) is 2.93. The van der Waals surface area contributed by atoms with Crippen molar-refractivity contribution in [3.63, 3.8) is 0 Å². The number of benzene rings is 2. The van der Waals surface area contributed by atoms with Gasteiger partial charge in [-0.1, -0.05) is 18.2 Å². The lowest BCUT2D eigenvalue weighted by atomic mass is 10.0. The summed E-state index contributed by atoms with van der Waals surface area (Å²) in [6.07, 6.45) is 1.52. The third-order valence-corrected chi connectivity index (χ3v) is 3.67. The first-order chi connectivity index (χ1) is 9.61. The van der Waals surface area contributed by atoms with Crippen LogP contribution in [0.1, 0.15) is 28.8 Å². The summed E-state index contributed by atoms with van der Waals surface area (Å²) in [4.78, 5) is 12.2. The molecule has 3 nitrogen and oxygen atoms in total. The van der Waals surface area contributed by atoms with Crippen molar-refractivity contribution in [2.75, 3.05) is 5.73 Å². The Morgan fingerprint density at radius 2 is 1.75 bits per heavy atom. The number of hydrogen-bond donors (Lipinski definition) is 2. The third-order valence-electron chi connectivity index (χ3n) is 3.67. The molecule has 1 fully saturated rings.